The van der Waals surface area contributed by atoms with E-state index in [9.17, 15) is 9.50 Å². The zero-order chi connectivity index (χ0) is 28.3. The number of nitrogens with zero attached hydrogens (tertiary/aromatic N) is 4. The summed E-state index contributed by atoms with van der Waals surface area (Å²) in [6.45, 7) is 4.34. The number of fused-ring (bicyclic) bond motifs is 3. The van der Waals surface area contributed by atoms with Gasteiger partial charge in [0, 0.05) is 28.1 Å². The fourth-order valence-electron chi connectivity index (χ4n) is 6.50. The molecule has 0 aliphatic carbocycles. The SMILES string of the molecule is Cc1ccc2cc(O)cc(-c3ncc4c(-c5cccc(F)c5)nc(OCC56CCCN5CCC6)nc4c3F)c2c1Cl. The summed E-state index contributed by atoms with van der Waals surface area (Å²) in [5.74, 6) is -1.19. The van der Waals surface area contributed by atoms with Crippen molar-refractivity contribution in [1.82, 2.24) is 19.9 Å². The van der Waals surface area contributed by atoms with Gasteiger partial charge in [0.1, 0.15) is 29.4 Å². The van der Waals surface area contributed by atoms with Gasteiger partial charge >= 0.3 is 6.01 Å². The number of aromatic nitrogens is 3. The third-order valence-electron chi connectivity index (χ3n) is 8.53. The van der Waals surface area contributed by atoms with Crippen molar-refractivity contribution in [3.8, 4) is 34.3 Å². The van der Waals surface area contributed by atoms with Crippen molar-refractivity contribution in [1.29, 1.82) is 0 Å². The monoisotopic (exact) mass is 572 g/mol. The summed E-state index contributed by atoms with van der Waals surface area (Å²) < 4.78 is 37.0. The smallest absolute Gasteiger partial charge is 0.317 e. The Labute approximate surface area is 240 Å². The average Bonchev–Trinajstić information content (AvgIpc) is 3.54. The minimum atomic E-state index is -0.710. The number of ether oxygens (including phenoxy) is 1. The zero-order valence-electron chi connectivity index (χ0n) is 22.4. The molecule has 1 N–H and O–H groups in total. The minimum absolute atomic E-state index is 0.00766. The first-order valence-corrected chi connectivity index (χ1v) is 14.1. The molecule has 5 aromatic rings. The molecule has 0 amide bonds. The van der Waals surface area contributed by atoms with Crippen LogP contribution in [0.2, 0.25) is 5.02 Å². The molecule has 0 spiro atoms. The lowest BCUT2D eigenvalue weighted by atomic mass is 9.95. The molecule has 0 bridgehead atoms. The summed E-state index contributed by atoms with van der Waals surface area (Å²) in [5.41, 5.74) is 1.85. The number of hydrogen-bond donors (Lipinski definition) is 1. The number of benzene rings is 3. The van der Waals surface area contributed by atoms with Gasteiger partial charge in [0.2, 0.25) is 0 Å². The van der Waals surface area contributed by atoms with Gasteiger partial charge in [-0.3, -0.25) is 9.88 Å². The van der Waals surface area contributed by atoms with Crippen LogP contribution >= 0.6 is 11.6 Å². The predicted octanol–water partition coefficient (Wildman–Crippen LogP) is 7.46. The van der Waals surface area contributed by atoms with Crippen molar-refractivity contribution >= 4 is 33.3 Å². The van der Waals surface area contributed by atoms with Gasteiger partial charge in [-0.1, -0.05) is 35.9 Å². The standard InChI is InChI=1S/C32H27ClF2N4O2/c1-18-7-8-19-14-22(40)15-23(25(19)26(18)33)29-27(35)30-24(16-36-29)28(20-5-2-6-21(34)13-20)37-31(38-30)41-17-32-9-3-11-39(32)12-4-10-32/h2,5-8,13-16,40H,3-4,9-12,17H2,1H3. The largest absolute Gasteiger partial charge is 0.508 e. The van der Waals surface area contributed by atoms with Crippen molar-refractivity contribution in [3.05, 3.63) is 76.9 Å². The van der Waals surface area contributed by atoms with Gasteiger partial charge in [0.05, 0.1) is 16.3 Å². The third kappa shape index (κ3) is 4.37. The van der Waals surface area contributed by atoms with E-state index in [4.69, 9.17) is 16.3 Å². The van der Waals surface area contributed by atoms with Crippen LogP contribution in [0.3, 0.4) is 0 Å². The number of pyridine rings is 1. The summed E-state index contributed by atoms with van der Waals surface area (Å²) in [5, 5.41) is 12.5. The Morgan fingerprint density at radius 2 is 1.83 bits per heavy atom. The lowest BCUT2D eigenvalue weighted by Crippen LogP contribution is -2.43. The van der Waals surface area contributed by atoms with Crippen molar-refractivity contribution < 1.29 is 18.6 Å². The second kappa shape index (κ2) is 9.89. The van der Waals surface area contributed by atoms with E-state index in [1.807, 2.05) is 19.1 Å². The van der Waals surface area contributed by atoms with Crippen LogP contribution in [0.5, 0.6) is 11.8 Å². The Morgan fingerprint density at radius 1 is 1.02 bits per heavy atom. The van der Waals surface area contributed by atoms with Crippen LogP contribution in [0.25, 0.3) is 44.2 Å². The van der Waals surface area contributed by atoms with Crippen molar-refractivity contribution in [2.24, 2.45) is 0 Å². The minimum Gasteiger partial charge on any atom is -0.508 e. The summed E-state index contributed by atoms with van der Waals surface area (Å²) >= 11 is 6.68. The topological polar surface area (TPSA) is 71.4 Å². The van der Waals surface area contributed by atoms with Gasteiger partial charge in [-0.25, -0.2) is 8.78 Å². The first-order chi connectivity index (χ1) is 19.8. The van der Waals surface area contributed by atoms with Crippen LogP contribution in [-0.2, 0) is 0 Å². The van der Waals surface area contributed by atoms with Crippen molar-refractivity contribution in [3.63, 3.8) is 0 Å². The molecule has 2 fully saturated rings. The van der Waals surface area contributed by atoms with Gasteiger partial charge in [-0.2, -0.15) is 9.97 Å². The molecule has 2 aliphatic heterocycles. The maximum Gasteiger partial charge on any atom is 0.317 e. The molecule has 3 aromatic carbocycles. The summed E-state index contributed by atoms with van der Waals surface area (Å²) in [6, 6.07) is 12.7. The number of phenolic OH excluding ortho intramolecular Hbond substituents is 1. The van der Waals surface area contributed by atoms with Crippen LogP contribution in [0.15, 0.2) is 54.7 Å². The van der Waals surface area contributed by atoms with Crippen molar-refractivity contribution in [2.45, 2.75) is 38.1 Å². The van der Waals surface area contributed by atoms with E-state index in [-0.39, 0.29) is 28.5 Å². The first kappa shape index (κ1) is 26.0. The molecule has 0 radical (unpaired) electrons. The Bertz CT molecular complexity index is 1840. The Hall–Kier alpha value is -3.88. The third-order valence-corrected chi connectivity index (χ3v) is 9.02. The molecule has 0 atom stereocenters. The number of halogens is 3. The van der Waals surface area contributed by atoms with E-state index in [2.05, 4.69) is 19.9 Å². The number of aromatic hydroxyl groups is 1. The summed E-state index contributed by atoms with van der Waals surface area (Å²) in [4.78, 5) is 16.1. The van der Waals surface area contributed by atoms with Crippen LogP contribution in [0.4, 0.5) is 8.78 Å². The van der Waals surface area contributed by atoms with E-state index < -0.39 is 11.6 Å². The predicted molar refractivity (Wildman–Crippen MR) is 155 cm³/mol. The average molecular weight is 573 g/mol. The molecule has 0 saturated carbocycles. The van der Waals surface area contributed by atoms with Crippen LogP contribution < -0.4 is 4.74 Å². The lowest BCUT2D eigenvalue weighted by Gasteiger charge is -2.31. The van der Waals surface area contributed by atoms with E-state index in [0.717, 1.165) is 44.3 Å². The van der Waals surface area contributed by atoms with E-state index in [1.165, 1.54) is 24.4 Å². The second-order valence-corrected chi connectivity index (χ2v) is 11.4. The molecule has 2 aromatic heterocycles. The van der Waals surface area contributed by atoms with Gasteiger partial charge in [0.15, 0.2) is 5.82 Å². The van der Waals surface area contributed by atoms with E-state index >= 15 is 4.39 Å². The Kier molecular flexibility index (Phi) is 6.28. The molecule has 41 heavy (non-hydrogen) atoms. The molecule has 2 aliphatic rings. The highest BCUT2D eigenvalue weighted by atomic mass is 35.5. The van der Waals surface area contributed by atoms with Gasteiger partial charge < -0.3 is 9.84 Å². The van der Waals surface area contributed by atoms with E-state index in [1.54, 1.807) is 18.2 Å². The van der Waals surface area contributed by atoms with Gasteiger partial charge in [-0.15, -0.1) is 0 Å². The zero-order valence-corrected chi connectivity index (χ0v) is 23.2. The summed E-state index contributed by atoms with van der Waals surface area (Å²) in [7, 11) is 0. The molecule has 208 valence electrons. The maximum atomic E-state index is 16.5. The van der Waals surface area contributed by atoms with Gasteiger partial charge in [-0.05, 0) is 80.9 Å². The van der Waals surface area contributed by atoms with Crippen LogP contribution in [-0.4, -0.2) is 50.2 Å². The molecular formula is C32H27ClF2N4O2. The Balaban J connectivity index is 1.42. The molecule has 0 unspecified atom stereocenters. The molecular weight excluding hydrogens is 546 g/mol. The highest BCUT2D eigenvalue weighted by Gasteiger charge is 2.45. The van der Waals surface area contributed by atoms with Crippen molar-refractivity contribution in [2.75, 3.05) is 19.7 Å². The van der Waals surface area contributed by atoms with Gasteiger partial charge in [0.25, 0.3) is 0 Å². The lowest BCUT2D eigenvalue weighted by molar-refractivity contribution is 0.108. The van der Waals surface area contributed by atoms with Crippen LogP contribution in [0.1, 0.15) is 31.2 Å². The summed E-state index contributed by atoms with van der Waals surface area (Å²) in [6.07, 6.45) is 5.76. The number of hydrogen-bond acceptors (Lipinski definition) is 6. The molecule has 9 heteroatoms. The van der Waals surface area contributed by atoms with Crippen LogP contribution in [0, 0.1) is 18.6 Å². The quantitative estimate of drug-likeness (QED) is 0.236. The highest BCUT2D eigenvalue weighted by Crippen LogP contribution is 2.42. The fraction of sp³-hybridized carbons (Fsp3) is 0.281. The molecule has 2 saturated heterocycles. The van der Waals surface area contributed by atoms with E-state index in [0.29, 0.717) is 44.6 Å². The Morgan fingerprint density at radius 3 is 2.61 bits per heavy atom. The molecule has 4 heterocycles. The molecule has 7 rings (SSSR count). The normalized spacial score (nSPS) is 16.5. The number of rotatable bonds is 5. The maximum absolute atomic E-state index is 16.5. The number of phenols is 1. The first-order valence-electron chi connectivity index (χ1n) is 13.8. The number of aryl methyl sites for hydroxylation is 1. The fourth-order valence-corrected chi connectivity index (χ4v) is 6.78. The second-order valence-electron chi connectivity index (χ2n) is 11.0. The molecule has 6 nitrogen and oxygen atoms in total. The highest BCUT2D eigenvalue weighted by molar-refractivity contribution is 6.37.